The molecule has 1 saturated heterocycles. The fourth-order valence-corrected chi connectivity index (χ4v) is 3.78. The number of rotatable bonds is 2. The third-order valence-corrected chi connectivity index (χ3v) is 4.86. The van der Waals surface area contributed by atoms with Gasteiger partial charge in [0, 0.05) is 12.0 Å². The van der Waals surface area contributed by atoms with Gasteiger partial charge in [-0.05, 0) is 43.5 Å². The second-order valence-corrected chi connectivity index (χ2v) is 5.91. The van der Waals surface area contributed by atoms with E-state index in [4.69, 9.17) is 4.74 Å². The minimum Gasteiger partial charge on any atom is -0.497 e. The van der Waals surface area contributed by atoms with Gasteiger partial charge in [0.05, 0.1) is 12.7 Å². The Morgan fingerprint density at radius 2 is 2.00 bits per heavy atom. The van der Waals surface area contributed by atoms with E-state index in [0.717, 1.165) is 31.6 Å². The Balaban J connectivity index is 1.85. The lowest BCUT2D eigenvalue weighted by Gasteiger charge is -2.48. The van der Waals surface area contributed by atoms with Crippen molar-refractivity contribution in [2.45, 2.75) is 43.7 Å². The molecule has 3 nitrogen and oxygen atoms in total. The molecule has 1 heterocycles. The van der Waals surface area contributed by atoms with E-state index in [1.54, 1.807) is 7.11 Å². The molecule has 1 aromatic carbocycles. The molecule has 3 rings (SSSR count). The van der Waals surface area contributed by atoms with Gasteiger partial charge in [0.2, 0.25) is 0 Å². The Morgan fingerprint density at radius 1 is 1.21 bits per heavy atom. The van der Waals surface area contributed by atoms with Crippen LogP contribution in [0.1, 0.15) is 43.7 Å². The van der Waals surface area contributed by atoms with Gasteiger partial charge in [0.25, 0.3) is 0 Å². The molecule has 3 atom stereocenters. The molecular formula is C16H23NO2. The quantitative estimate of drug-likeness (QED) is 0.860. The van der Waals surface area contributed by atoms with Crippen LogP contribution in [0.5, 0.6) is 5.75 Å². The summed E-state index contributed by atoms with van der Waals surface area (Å²) >= 11 is 0. The number of aliphatic hydroxyl groups is 1. The molecular weight excluding hydrogens is 238 g/mol. The number of piperidine rings is 1. The van der Waals surface area contributed by atoms with E-state index in [1.807, 2.05) is 12.1 Å². The first kappa shape index (κ1) is 12.9. The largest absolute Gasteiger partial charge is 0.497 e. The second-order valence-electron chi connectivity index (χ2n) is 5.91. The molecule has 0 aromatic heterocycles. The van der Waals surface area contributed by atoms with Gasteiger partial charge in [-0.1, -0.05) is 25.0 Å². The van der Waals surface area contributed by atoms with Gasteiger partial charge in [-0.15, -0.1) is 0 Å². The Hall–Kier alpha value is -1.06. The predicted molar refractivity (Wildman–Crippen MR) is 75.3 cm³/mol. The number of nitrogens with one attached hydrogen (secondary N) is 1. The molecule has 0 unspecified atom stereocenters. The van der Waals surface area contributed by atoms with E-state index >= 15 is 0 Å². The fraction of sp³-hybridized carbons (Fsp3) is 0.625. The summed E-state index contributed by atoms with van der Waals surface area (Å²) in [6, 6.07) is 8.54. The highest BCUT2D eigenvalue weighted by Crippen LogP contribution is 2.45. The van der Waals surface area contributed by atoms with Crippen molar-refractivity contribution in [3.8, 4) is 5.75 Å². The molecule has 1 aliphatic heterocycles. The maximum absolute atomic E-state index is 10.9. The predicted octanol–water partition coefficient (Wildman–Crippen LogP) is 2.65. The number of fused-ring (bicyclic) bond motifs is 1. The van der Waals surface area contributed by atoms with Crippen molar-refractivity contribution >= 4 is 0 Å². The van der Waals surface area contributed by atoms with Crippen molar-refractivity contribution in [1.82, 2.24) is 5.32 Å². The topological polar surface area (TPSA) is 41.5 Å². The monoisotopic (exact) mass is 261 g/mol. The normalized spacial score (nSPS) is 34.6. The molecule has 104 valence electrons. The molecule has 0 spiro atoms. The first-order valence-electron chi connectivity index (χ1n) is 7.33. The molecule has 19 heavy (non-hydrogen) atoms. The zero-order chi connectivity index (χ0) is 13.3. The number of hydrogen-bond donors (Lipinski definition) is 2. The van der Waals surface area contributed by atoms with Crippen LogP contribution in [-0.4, -0.2) is 24.4 Å². The highest BCUT2D eigenvalue weighted by atomic mass is 16.5. The maximum atomic E-state index is 10.9. The number of benzene rings is 1. The van der Waals surface area contributed by atoms with Gasteiger partial charge in [0.1, 0.15) is 5.75 Å². The minimum atomic E-state index is -0.450. The van der Waals surface area contributed by atoms with Crippen molar-refractivity contribution in [1.29, 1.82) is 0 Å². The van der Waals surface area contributed by atoms with Gasteiger partial charge >= 0.3 is 0 Å². The summed E-state index contributed by atoms with van der Waals surface area (Å²) in [4.78, 5) is 0. The highest BCUT2D eigenvalue weighted by molar-refractivity contribution is 5.30. The molecule has 2 N–H and O–H groups in total. The van der Waals surface area contributed by atoms with Crippen molar-refractivity contribution < 1.29 is 9.84 Å². The van der Waals surface area contributed by atoms with E-state index < -0.39 is 5.60 Å². The fourth-order valence-electron chi connectivity index (χ4n) is 3.78. The summed E-state index contributed by atoms with van der Waals surface area (Å²) in [5.41, 5.74) is 0.819. The molecule has 1 saturated carbocycles. The molecule has 0 amide bonds. The van der Waals surface area contributed by atoms with Crippen LogP contribution in [0.15, 0.2) is 24.3 Å². The number of ether oxygens (including phenoxy) is 1. The van der Waals surface area contributed by atoms with Crippen LogP contribution in [0.2, 0.25) is 0 Å². The van der Waals surface area contributed by atoms with E-state index in [-0.39, 0.29) is 6.04 Å². The van der Waals surface area contributed by atoms with Crippen LogP contribution in [0, 0.1) is 5.92 Å². The van der Waals surface area contributed by atoms with Crippen molar-refractivity contribution in [3.63, 3.8) is 0 Å². The van der Waals surface area contributed by atoms with E-state index in [9.17, 15) is 5.11 Å². The third-order valence-electron chi connectivity index (χ3n) is 4.86. The van der Waals surface area contributed by atoms with Crippen LogP contribution < -0.4 is 10.1 Å². The summed E-state index contributed by atoms with van der Waals surface area (Å²) in [5, 5.41) is 14.5. The number of methoxy groups -OCH3 is 1. The zero-order valence-electron chi connectivity index (χ0n) is 11.6. The molecule has 3 heteroatoms. The summed E-state index contributed by atoms with van der Waals surface area (Å²) in [6.07, 6.45) is 5.39. The molecule has 0 bridgehead atoms. The third kappa shape index (κ3) is 2.37. The summed E-state index contributed by atoms with van der Waals surface area (Å²) in [6.45, 7) is 0.906. The lowest BCUT2D eigenvalue weighted by molar-refractivity contribution is -0.0861. The SMILES string of the molecule is COc1ccc([C@H]2NCC[C@@]3(O)CCCC[C@H]23)cc1. The Kier molecular flexibility index (Phi) is 3.50. The van der Waals surface area contributed by atoms with Crippen LogP contribution in [0.3, 0.4) is 0 Å². The van der Waals surface area contributed by atoms with Crippen molar-refractivity contribution in [2.75, 3.05) is 13.7 Å². The lowest BCUT2D eigenvalue weighted by Crippen LogP contribution is -2.53. The highest BCUT2D eigenvalue weighted by Gasteiger charge is 2.45. The zero-order valence-corrected chi connectivity index (χ0v) is 11.6. The molecule has 2 aliphatic rings. The molecule has 2 fully saturated rings. The van der Waals surface area contributed by atoms with E-state index in [2.05, 4.69) is 17.4 Å². The summed E-state index contributed by atoms with van der Waals surface area (Å²) in [5.74, 6) is 1.24. The van der Waals surface area contributed by atoms with E-state index in [0.29, 0.717) is 5.92 Å². The average molecular weight is 261 g/mol. The summed E-state index contributed by atoms with van der Waals surface area (Å²) in [7, 11) is 1.69. The minimum absolute atomic E-state index is 0.282. The summed E-state index contributed by atoms with van der Waals surface area (Å²) < 4.78 is 5.21. The molecule has 1 aromatic rings. The van der Waals surface area contributed by atoms with Gasteiger partial charge < -0.3 is 15.2 Å². The maximum Gasteiger partial charge on any atom is 0.118 e. The van der Waals surface area contributed by atoms with Crippen LogP contribution in [0.4, 0.5) is 0 Å². The first-order chi connectivity index (χ1) is 9.23. The van der Waals surface area contributed by atoms with Crippen molar-refractivity contribution in [3.05, 3.63) is 29.8 Å². The van der Waals surface area contributed by atoms with Crippen LogP contribution >= 0.6 is 0 Å². The Morgan fingerprint density at radius 3 is 2.74 bits per heavy atom. The van der Waals surface area contributed by atoms with Crippen LogP contribution in [-0.2, 0) is 0 Å². The van der Waals surface area contributed by atoms with Crippen LogP contribution in [0.25, 0.3) is 0 Å². The van der Waals surface area contributed by atoms with Gasteiger partial charge in [0.15, 0.2) is 0 Å². The van der Waals surface area contributed by atoms with E-state index in [1.165, 1.54) is 18.4 Å². The number of hydrogen-bond acceptors (Lipinski definition) is 3. The van der Waals surface area contributed by atoms with Crippen molar-refractivity contribution in [2.24, 2.45) is 5.92 Å². The van der Waals surface area contributed by atoms with Gasteiger partial charge in [-0.3, -0.25) is 0 Å². The Labute approximate surface area is 115 Å². The van der Waals surface area contributed by atoms with Gasteiger partial charge in [-0.2, -0.15) is 0 Å². The molecule has 1 aliphatic carbocycles. The average Bonchev–Trinajstić information content (AvgIpc) is 2.46. The first-order valence-corrected chi connectivity index (χ1v) is 7.33. The standard InChI is InChI=1S/C16H23NO2/c1-19-13-7-5-12(6-8-13)15-14-4-2-3-9-16(14,18)10-11-17-15/h5-8,14-15,17-18H,2-4,9-11H2,1H3/t14-,15-,16+/m1/s1. The lowest BCUT2D eigenvalue weighted by atomic mass is 9.67. The molecule has 0 radical (unpaired) electrons. The second kappa shape index (κ2) is 5.14. The van der Waals surface area contributed by atoms with Gasteiger partial charge in [-0.25, -0.2) is 0 Å². The smallest absolute Gasteiger partial charge is 0.118 e. The Bertz CT molecular complexity index is 427.